The highest BCUT2D eigenvalue weighted by atomic mass is 16.4. The molecule has 2 N–H and O–H groups in total. The number of carbonyl (C=O) groups is 2. The minimum absolute atomic E-state index is 0.173. The Balaban J connectivity index is 1.76. The summed E-state index contributed by atoms with van der Waals surface area (Å²) in [5.41, 5.74) is 2.53. The zero-order chi connectivity index (χ0) is 17.4. The van der Waals surface area contributed by atoms with Crippen molar-refractivity contribution < 1.29 is 19.1 Å². The summed E-state index contributed by atoms with van der Waals surface area (Å²) in [6.45, 7) is 6.68. The fraction of sp³-hybridized carbons (Fsp3) is 0.444. The Morgan fingerprint density at radius 1 is 1.29 bits per heavy atom. The normalized spacial score (nSPS) is 21.0. The van der Waals surface area contributed by atoms with Gasteiger partial charge in [-0.1, -0.05) is 6.92 Å². The Labute approximate surface area is 140 Å². The molecule has 0 radical (unpaired) electrons. The molecule has 0 bridgehead atoms. The van der Waals surface area contributed by atoms with Gasteiger partial charge in [-0.2, -0.15) is 0 Å². The van der Waals surface area contributed by atoms with Gasteiger partial charge in [-0.15, -0.1) is 0 Å². The highest BCUT2D eigenvalue weighted by Gasteiger charge is 2.31. The number of nitrogens with one attached hydrogen (secondary N) is 1. The predicted molar refractivity (Wildman–Crippen MR) is 91.2 cm³/mol. The molecule has 6 heteroatoms. The number of piperidine rings is 1. The van der Waals surface area contributed by atoms with Crippen LogP contribution in [0, 0.1) is 25.7 Å². The van der Waals surface area contributed by atoms with E-state index in [0.29, 0.717) is 18.7 Å². The van der Waals surface area contributed by atoms with Gasteiger partial charge in [-0.05, 0) is 49.9 Å². The first-order valence-electron chi connectivity index (χ1n) is 8.13. The van der Waals surface area contributed by atoms with Crippen LogP contribution in [0.5, 0.6) is 0 Å². The number of hydrogen-bond donors (Lipinski definition) is 2. The number of amides is 2. The Kier molecular flexibility index (Phi) is 4.22. The van der Waals surface area contributed by atoms with Crippen molar-refractivity contribution in [2.75, 3.05) is 18.4 Å². The molecule has 1 fully saturated rings. The minimum Gasteiger partial charge on any atom is -0.481 e. The molecular weight excluding hydrogens is 308 g/mol. The average Bonchev–Trinajstić information content (AvgIpc) is 2.81. The Bertz CT molecular complexity index is 796. The van der Waals surface area contributed by atoms with E-state index in [1.165, 1.54) is 0 Å². The molecule has 0 aliphatic carbocycles. The fourth-order valence-corrected chi connectivity index (χ4v) is 3.32. The van der Waals surface area contributed by atoms with Crippen molar-refractivity contribution >= 4 is 28.7 Å². The Morgan fingerprint density at radius 2 is 2.04 bits per heavy atom. The Hall–Kier alpha value is -2.50. The molecule has 6 nitrogen and oxygen atoms in total. The number of carboxylic acid groups (broad SMARTS) is 1. The predicted octanol–water partition coefficient (Wildman–Crippen LogP) is 3.62. The number of carboxylic acids is 1. The average molecular weight is 330 g/mol. The molecule has 2 aromatic rings. The third-order valence-corrected chi connectivity index (χ3v) is 4.72. The number of hydrogen-bond acceptors (Lipinski definition) is 3. The van der Waals surface area contributed by atoms with Gasteiger partial charge in [0.15, 0.2) is 0 Å². The summed E-state index contributed by atoms with van der Waals surface area (Å²) in [6, 6.07) is 5.26. The molecule has 24 heavy (non-hydrogen) atoms. The first-order chi connectivity index (χ1) is 11.3. The van der Waals surface area contributed by atoms with Crippen LogP contribution in [0.4, 0.5) is 10.5 Å². The second-order valence-corrected chi connectivity index (χ2v) is 6.71. The Morgan fingerprint density at radius 3 is 2.75 bits per heavy atom. The number of anilines is 1. The fourth-order valence-electron chi connectivity index (χ4n) is 3.32. The number of aliphatic carboxylic acids is 1. The molecule has 0 spiro atoms. The standard InChI is InChI=1S/C18H22N2O4/c1-10-6-13(17(21)22)9-20(8-10)18(23)19-14-4-5-16-15(7-14)11(2)12(3)24-16/h4-5,7,10,13H,6,8-9H2,1-3H3,(H,19,23)(H,21,22). The van der Waals surface area contributed by atoms with Crippen molar-refractivity contribution in [3.05, 3.63) is 29.5 Å². The van der Waals surface area contributed by atoms with Crippen molar-refractivity contribution in [2.45, 2.75) is 27.2 Å². The summed E-state index contributed by atoms with van der Waals surface area (Å²) in [4.78, 5) is 25.3. The number of carbonyl (C=O) groups excluding carboxylic acids is 1. The van der Waals surface area contributed by atoms with Gasteiger partial charge < -0.3 is 19.7 Å². The molecule has 1 saturated heterocycles. The lowest BCUT2D eigenvalue weighted by atomic mass is 9.91. The summed E-state index contributed by atoms with van der Waals surface area (Å²) in [5.74, 6) is -0.305. The van der Waals surface area contributed by atoms with Crippen molar-refractivity contribution in [1.29, 1.82) is 0 Å². The molecule has 2 unspecified atom stereocenters. The third kappa shape index (κ3) is 3.09. The largest absolute Gasteiger partial charge is 0.481 e. The number of urea groups is 1. The monoisotopic (exact) mass is 330 g/mol. The zero-order valence-corrected chi connectivity index (χ0v) is 14.1. The van der Waals surface area contributed by atoms with Gasteiger partial charge in [0.2, 0.25) is 0 Å². The van der Waals surface area contributed by atoms with E-state index in [4.69, 9.17) is 4.42 Å². The van der Waals surface area contributed by atoms with E-state index in [2.05, 4.69) is 5.32 Å². The maximum Gasteiger partial charge on any atom is 0.321 e. The van der Waals surface area contributed by atoms with Gasteiger partial charge in [0, 0.05) is 24.2 Å². The van der Waals surface area contributed by atoms with Crippen LogP contribution in [-0.2, 0) is 4.79 Å². The number of rotatable bonds is 2. The van der Waals surface area contributed by atoms with E-state index in [9.17, 15) is 14.7 Å². The van der Waals surface area contributed by atoms with Crippen LogP contribution in [0.3, 0.4) is 0 Å². The van der Waals surface area contributed by atoms with Gasteiger partial charge >= 0.3 is 12.0 Å². The highest BCUT2D eigenvalue weighted by Crippen LogP contribution is 2.28. The molecule has 1 aromatic carbocycles. The van der Waals surface area contributed by atoms with Gasteiger partial charge in [0.05, 0.1) is 5.92 Å². The summed E-state index contributed by atoms with van der Waals surface area (Å²) in [5, 5.41) is 13.1. The molecule has 2 heterocycles. The molecule has 1 aliphatic rings. The van der Waals surface area contributed by atoms with Crippen molar-refractivity contribution in [1.82, 2.24) is 4.90 Å². The second-order valence-electron chi connectivity index (χ2n) is 6.71. The number of nitrogens with zero attached hydrogens (tertiary/aromatic N) is 1. The van der Waals surface area contributed by atoms with Crippen LogP contribution in [0.1, 0.15) is 24.7 Å². The van der Waals surface area contributed by atoms with Crippen LogP contribution in [0.15, 0.2) is 22.6 Å². The molecule has 2 atom stereocenters. The summed E-state index contributed by atoms with van der Waals surface area (Å²) >= 11 is 0. The van der Waals surface area contributed by atoms with E-state index in [1.54, 1.807) is 11.0 Å². The van der Waals surface area contributed by atoms with Crippen LogP contribution in [0.25, 0.3) is 11.0 Å². The van der Waals surface area contributed by atoms with Crippen molar-refractivity contribution in [3.8, 4) is 0 Å². The number of likely N-dealkylation sites (tertiary alicyclic amines) is 1. The molecule has 0 saturated carbocycles. The van der Waals surface area contributed by atoms with E-state index < -0.39 is 11.9 Å². The lowest BCUT2D eigenvalue weighted by Gasteiger charge is -2.34. The minimum atomic E-state index is -0.842. The quantitative estimate of drug-likeness (QED) is 0.881. The first kappa shape index (κ1) is 16.4. The van der Waals surface area contributed by atoms with Crippen LogP contribution >= 0.6 is 0 Å². The molecule has 1 aromatic heterocycles. The van der Waals surface area contributed by atoms with Gasteiger partial charge in [-0.25, -0.2) is 4.79 Å². The van der Waals surface area contributed by atoms with E-state index in [-0.39, 0.29) is 18.5 Å². The molecule has 1 aliphatic heterocycles. The number of furan rings is 1. The topological polar surface area (TPSA) is 82.8 Å². The van der Waals surface area contributed by atoms with Crippen molar-refractivity contribution in [2.24, 2.45) is 11.8 Å². The van der Waals surface area contributed by atoms with Gasteiger partial charge in [-0.3, -0.25) is 4.79 Å². The molecule has 2 amide bonds. The first-order valence-corrected chi connectivity index (χ1v) is 8.13. The van der Waals surface area contributed by atoms with Crippen LogP contribution < -0.4 is 5.32 Å². The summed E-state index contributed by atoms with van der Waals surface area (Å²) in [6.07, 6.45) is 0.610. The second kappa shape index (κ2) is 6.19. The van der Waals surface area contributed by atoms with E-state index in [0.717, 1.165) is 22.3 Å². The maximum atomic E-state index is 12.5. The van der Waals surface area contributed by atoms with Crippen LogP contribution in [0.2, 0.25) is 0 Å². The zero-order valence-electron chi connectivity index (χ0n) is 14.1. The lowest BCUT2D eigenvalue weighted by Crippen LogP contribution is -2.47. The third-order valence-electron chi connectivity index (χ3n) is 4.72. The number of benzene rings is 1. The van der Waals surface area contributed by atoms with E-state index >= 15 is 0 Å². The van der Waals surface area contributed by atoms with Gasteiger partial charge in [0.1, 0.15) is 11.3 Å². The highest BCUT2D eigenvalue weighted by molar-refractivity contribution is 5.93. The molecule has 3 rings (SSSR count). The van der Waals surface area contributed by atoms with Gasteiger partial charge in [0.25, 0.3) is 0 Å². The van der Waals surface area contributed by atoms with Crippen molar-refractivity contribution in [3.63, 3.8) is 0 Å². The van der Waals surface area contributed by atoms with E-state index in [1.807, 2.05) is 32.9 Å². The summed E-state index contributed by atoms with van der Waals surface area (Å²) in [7, 11) is 0. The maximum absolute atomic E-state index is 12.5. The summed E-state index contributed by atoms with van der Waals surface area (Å²) < 4.78 is 5.64. The SMILES string of the molecule is Cc1oc2ccc(NC(=O)N3CC(C)CC(C(=O)O)C3)cc2c1C. The number of fused-ring (bicyclic) bond motifs is 1. The molecular formula is C18H22N2O4. The number of aryl methyl sites for hydroxylation is 2. The lowest BCUT2D eigenvalue weighted by molar-refractivity contribution is -0.143. The smallest absolute Gasteiger partial charge is 0.321 e. The molecule has 128 valence electrons. The van der Waals surface area contributed by atoms with Crippen LogP contribution in [-0.4, -0.2) is 35.1 Å².